The molecule has 1 unspecified atom stereocenters. The summed E-state index contributed by atoms with van der Waals surface area (Å²) in [6.07, 6.45) is 0.825. The SMILES string of the molecule is CNC(=O)COc1cccc(NC(=O)C2(C)CCNC2)c1. The van der Waals surface area contributed by atoms with E-state index in [0.29, 0.717) is 18.0 Å². The van der Waals surface area contributed by atoms with E-state index in [1.54, 1.807) is 31.3 Å². The third-order valence-corrected chi connectivity index (χ3v) is 3.66. The molecule has 0 aromatic heterocycles. The lowest BCUT2D eigenvalue weighted by molar-refractivity contribution is -0.124. The summed E-state index contributed by atoms with van der Waals surface area (Å²) in [5, 5.41) is 8.59. The fourth-order valence-electron chi connectivity index (χ4n) is 2.18. The molecule has 1 atom stereocenters. The molecular formula is C15H21N3O3. The summed E-state index contributed by atoms with van der Waals surface area (Å²) in [4.78, 5) is 23.5. The van der Waals surface area contributed by atoms with Gasteiger partial charge in [0.25, 0.3) is 5.91 Å². The fraction of sp³-hybridized carbons (Fsp3) is 0.467. The highest BCUT2D eigenvalue weighted by Gasteiger charge is 2.36. The van der Waals surface area contributed by atoms with Crippen molar-refractivity contribution in [2.75, 3.05) is 32.1 Å². The van der Waals surface area contributed by atoms with E-state index in [0.717, 1.165) is 13.0 Å². The maximum atomic E-state index is 12.3. The Balaban J connectivity index is 1.97. The van der Waals surface area contributed by atoms with Crippen LogP contribution in [0.4, 0.5) is 5.69 Å². The van der Waals surface area contributed by atoms with Crippen molar-refractivity contribution in [3.8, 4) is 5.75 Å². The second-order valence-electron chi connectivity index (χ2n) is 5.43. The molecule has 0 saturated carbocycles. The molecule has 0 spiro atoms. The zero-order valence-corrected chi connectivity index (χ0v) is 12.4. The maximum absolute atomic E-state index is 12.3. The lowest BCUT2D eigenvalue weighted by Crippen LogP contribution is -2.35. The van der Waals surface area contributed by atoms with Gasteiger partial charge < -0.3 is 20.7 Å². The predicted molar refractivity (Wildman–Crippen MR) is 80.2 cm³/mol. The molecule has 0 bridgehead atoms. The number of carbonyl (C=O) groups excluding carboxylic acids is 2. The van der Waals surface area contributed by atoms with Crippen LogP contribution in [0, 0.1) is 5.41 Å². The zero-order valence-electron chi connectivity index (χ0n) is 12.4. The van der Waals surface area contributed by atoms with Crippen LogP contribution in [0.2, 0.25) is 0 Å². The van der Waals surface area contributed by atoms with Crippen LogP contribution < -0.4 is 20.7 Å². The van der Waals surface area contributed by atoms with E-state index in [-0.39, 0.29) is 23.8 Å². The molecule has 2 amide bonds. The molecule has 3 N–H and O–H groups in total. The van der Waals surface area contributed by atoms with Gasteiger partial charge in [0.2, 0.25) is 5.91 Å². The molecule has 114 valence electrons. The van der Waals surface area contributed by atoms with Crippen LogP contribution in [0.5, 0.6) is 5.75 Å². The molecule has 1 aliphatic rings. The predicted octanol–water partition coefficient (Wildman–Crippen LogP) is 0.749. The fourth-order valence-corrected chi connectivity index (χ4v) is 2.18. The Morgan fingerprint density at radius 2 is 2.24 bits per heavy atom. The number of ether oxygens (including phenoxy) is 1. The molecule has 1 aromatic carbocycles. The van der Waals surface area contributed by atoms with Gasteiger partial charge in [-0.05, 0) is 32.0 Å². The van der Waals surface area contributed by atoms with Crippen LogP contribution in [-0.2, 0) is 9.59 Å². The number of benzene rings is 1. The van der Waals surface area contributed by atoms with Crippen molar-refractivity contribution in [1.82, 2.24) is 10.6 Å². The molecule has 6 heteroatoms. The Morgan fingerprint density at radius 3 is 2.90 bits per heavy atom. The Morgan fingerprint density at radius 1 is 1.43 bits per heavy atom. The summed E-state index contributed by atoms with van der Waals surface area (Å²) in [6, 6.07) is 7.05. The summed E-state index contributed by atoms with van der Waals surface area (Å²) < 4.78 is 5.36. The number of anilines is 1. The van der Waals surface area contributed by atoms with Gasteiger partial charge in [-0.25, -0.2) is 0 Å². The molecule has 1 aromatic rings. The summed E-state index contributed by atoms with van der Waals surface area (Å²) in [5.41, 5.74) is 0.293. The average Bonchev–Trinajstić information content (AvgIpc) is 2.93. The summed E-state index contributed by atoms with van der Waals surface area (Å²) in [7, 11) is 1.55. The van der Waals surface area contributed by atoms with Crippen molar-refractivity contribution in [1.29, 1.82) is 0 Å². The monoisotopic (exact) mass is 291 g/mol. The van der Waals surface area contributed by atoms with E-state index >= 15 is 0 Å². The Labute approximate surface area is 124 Å². The van der Waals surface area contributed by atoms with Gasteiger partial charge in [0.15, 0.2) is 6.61 Å². The number of amides is 2. The van der Waals surface area contributed by atoms with Crippen LogP contribution in [0.15, 0.2) is 24.3 Å². The van der Waals surface area contributed by atoms with E-state index in [1.165, 1.54) is 0 Å². The number of hydrogen-bond donors (Lipinski definition) is 3. The third kappa shape index (κ3) is 3.95. The minimum atomic E-state index is -0.376. The van der Waals surface area contributed by atoms with Crippen LogP contribution >= 0.6 is 0 Å². The van der Waals surface area contributed by atoms with Gasteiger partial charge >= 0.3 is 0 Å². The van der Waals surface area contributed by atoms with Crippen molar-refractivity contribution in [2.24, 2.45) is 5.41 Å². The first-order valence-corrected chi connectivity index (χ1v) is 6.99. The molecule has 0 radical (unpaired) electrons. The van der Waals surface area contributed by atoms with Gasteiger partial charge in [0, 0.05) is 25.3 Å². The van der Waals surface area contributed by atoms with Gasteiger partial charge in [-0.15, -0.1) is 0 Å². The van der Waals surface area contributed by atoms with Crippen molar-refractivity contribution in [2.45, 2.75) is 13.3 Å². The first kappa shape index (κ1) is 15.3. The highest BCUT2D eigenvalue weighted by Crippen LogP contribution is 2.27. The van der Waals surface area contributed by atoms with Gasteiger partial charge in [-0.1, -0.05) is 6.07 Å². The van der Waals surface area contributed by atoms with Crippen molar-refractivity contribution in [3.63, 3.8) is 0 Å². The summed E-state index contributed by atoms with van der Waals surface area (Å²) >= 11 is 0. The maximum Gasteiger partial charge on any atom is 0.257 e. The van der Waals surface area contributed by atoms with Crippen molar-refractivity contribution < 1.29 is 14.3 Å². The molecule has 21 heavy (non-hydrogen) atoms. The Hall–Kier alpha value is -2.08. The molecule has 1 fully saturated rings. The normalized spacial score (nSPS) is 20.9. The van der Waals surface area contributed by atoms with Crippen LogP contribution in [0.25, 0.3) is 0 Å². The Kier molecular flexibility index (Phi) is 4.80. The molecule has 1 saturated heterocycles. The number of carbonyl (C=O) groups is 2. The number of nitrogens with one attached hydrogen (secondary N) is 3. The highest BCUT2D eigenvalue weighted by atomic mass is 16.5. The van der Waals surface area contributed by atoms with Crippen LogP contribution in [-0.4, -0.2) is 38.6 Å². The van der Waals surface area contributed by atoms with E-state index in [9.17, 15) is 9.59 Å². The second-order valence-corrected chi connectivity index (χ2v) is 5.43. The zero-order chi connectivity index (χ0) is 15.3. The van der Waals surface area contributed by atoms with Gasteiger partial charge in [0.05, 0.1) is 5.41 Å². The molecule has 1 aliphatic heterocycles. The molecule has 6 nitrogen and oxygen atoms in total. The second kappa shape index (κ2) is 6.58. The molecule has 0 aliphatic carbocycles. The van der Waals surface area contributed by atoms with E-state index in [1.807, 2.05) is 6.92 Å². The average molecular weight is 291 g/mol. The van der Waals surface area contributed by atoms with Crippen LogP contribution in [0.1, 0.15) is 13.3 Å². The number of hydrogen-bond acceptors (Lipinski definition) is 4. The summed E-state index contributed by atoms with van der Waals surface area (Å²) in [5.74, 6) is 0.344. The smallest absolute Gasteiger partial charge is 0.257 e. The molecule has 1 heterocycles. The standard InChI is InChI=1S/C15H21N3O3/c1-15(6-7-17-10-15)14(20)18-11-4-3-5-12(8-11)21-9-13(19)16-2/h3-5,8,17H,6-7,9-10H2,1-2H3,(H,16,19)(H,18,20). The lowest BCUT2D eigenvalue weighted by Gasteiger charge is -2.21. The van der Waals surface area contributed by atoms with E-state index in [2.05, 4.69) is 16.0 Å². The largest absolute Gasteiger partial charge is 0.484 e. The minimum absolute atomic E-state index is 0.00375. The number of rotatable bonds is 5. The first-order chi connectivity index (χ1) is 10.0. The Bertz CT molecular complexity index is 525. The topological polar surface area (TPSA) is 79.5 Å². The lowest BCUT2D eigenvalue weighted by atomic mass is 9.89. The first-order valence-electron chi connectivity index (χ1n) is 6.99. The van der Waals surface area contributed by atoms with Crippen molar-refractivity contribution in [3.05, 3.63) is 24.3 Å². The van der Waals surface area contributed by atoms with Gasteiger partial charge in [0.1, 0.15) is 5.75 Å². The van der Waals surface area contributed by atoms with Crippen LogP contribution in [0.3, 0.4) is 0 Å². The van der Waals surface area contributed by atoms with E-state index in [4.69, 9.17) is 4.74 Å². The van der Waals surface area contributed by atoms with Gasteiger partial charge in [-0.2, -0.15) is 0 Å². The quantitative estimate of drug-likeness (QED) is 0.748. The highest BCUT2D eigenvalue weighted by molar-refractivity contribution is 5.95. The number of likely N-dealkylation sites (N-methyl/N-ethyl adjacent to an activating group) is 1. The molecular weight excluding hydrogens is 270 g/mol. The third-order valence-electron chi connectivity index (χ3n) is 3.66. The summed E-state index contributed by atoms with van der Waals surface area (Å²) in [6.45, 7) is 3.45. The van der Waals surface area contributed by atoms with Crippen molar-refractivity contribution >= 4 is 17.5 Å². The molecule has 2 rings (SSSR count). The van der Waals surface area contributed by atoms with Gasteiger partial charge in [-0.3, -0.25) is 9.59 Å². The van der Waals surface area contributed by atoms with E-state index < -0.39 is 0 Å². The minimum Gasteiger partial charge on any atom is -0.484 e.